The number of epoxide rings is 2. The van der Waals surface area contributed by atoms with Crippen molar-refractivity contribution in [2.45, 2.75) is 69.5 Å². The molecule has 3 aliphatic heterocycles. The van der Waals surface area contributed by atoms with Crippen molar-refractivity contribution >= 4 is 12.2 Å². The van der Waals surface area contributed by atoms with Gasteiger partial charge in [-0.3, -0.25) is 0 Å². The van der Waals surface area contributed by atoms with Gasteiger partial charge in [0.15, 0.2) is 0 Å². The smallest absolute Gasteiger partial charge is 0.410 e. The van der Waals surface area contributed by atoms with E-state index in [0.29, 0.717) is 32.7 Å². The zero-order chi connectivity index (χ0) is 24.0. The maximum Gasteiger partial charge on any atom is 0.410 e. The zero-order valence-electron chi connectivity index (χ0n) is 20.7. The van der Waals surface area contributed by atoms with E-state index in [2.05, 4.69) is 26.8 Å². The summed E-state index contributed by atoms with van der Waals surface area (Å²) in [5.41, 5.74) is 0.677. The van der Waals surface area contributed by atoms with Crippen LogP contribution in [-0.4, -0.2) is 99.0 Å². The van der Waals surface area contributed by atoms with Crippen molar-refractivity contribution in [2.24, 2.45) is 11.8 Å². The number of carbonyl (C=O) groups excluding carboxylic acids is 2. The lowest BCUT2D eigenvalue weighted by molar-refractivity contribution is -0.125. The number of nitrogens with zero attached hydrogens (tertiary/aromatic N) is 2. The summed E-state index contributed by atoms with van der Waals surface area (Å²) in [6, 6.07) is 0. The molecule has 3 heterocycles. The van der Waals surface area contributed by atoms with Crippen LogP contribution in [0.1, 0.15) is 40.0 Å². The number of likely N-dealkylation sites (tertiary alicyclic amines) is 1. The minimum atomic E-state index is -0.373. The van der Waals surface area contributed by atoms with Crippen molar-refractivity contribution in [1.29, 1.82) is 0 Å². The van der Waals surface area contributed by atoms with Crippen molar-refractivity contribution in [3.63, 3.8) is 0 Å². The zero-order valence-corrected chi connectivity index (χ0v) is 20.7. The largest absolute Gasteiger partial charge is 0.449 e. The average molecular weight is 467 g/mol. The van der Waals surface area contributed by atoms with Crippen LogP contribution in [0.3, 0.4) is 0 Å². The molecule has 3 saturated heterocycles. The first-order valence-electron chi connectivity index (χ1n) is 11.9. The molecule has 2 amide bonds. The van der Waals surface area contributed by atoms with Crippen molar-refractivity contribution in [1.82, 2.24) is 9.80 Å². The standard InChI is InChI=1S/C24H38N2O7/c1-15(2)7-8-18-23(3,33-18)20-19(29-6)17(9-10-24(20)14-31-24)32-22(28)26-11-16(12-26)13-30-21(27)25(4)5/h7,16-20H,8-14H2,1-6H3/t17?,18-,19?,20?,23+,24?/m1/s1. The molecule has 9 heteroatoms. The number of ether oxygens (including phenoxy) is 5. The van der Waals surface area contributed by atoms with E-state index < -0.39 is 0 Å². The molecular weight excluding hydrogens is 428 g/mol. The summed E-state index contributed by atoms with van der Waals surface area (Å²) >= 11 is 0. The molecule has 0 bridgehead atoms. The molecule has 1 spiro atoms. The number of carbonyl (C=O) groups is 2. The normalized spacial score (nSPS) is 37.2. The Balaban J connectivity index is 1.33. The van der Waals surface area contributed by atoms with Crippen molar-refractivity contribution in [3.05, 3.63) is 11.6 Å². The Morgan fingerprint density at radius 1 is 1.24 bits per heavy atom. The molecule has 9 nitrogen and oxygen atoms in total. The maximum atomic E-state index is 12.8. The summed E-state index contributed by atoms with van der Waals surface area (Å²) in [6.07, 6.45) is 3.36. The lowest BCUT2D eigenvalue weighted by Gasteiger charge is -2.44. The Morgan fingerprint density at radius 2 is 1.94 bits per heavy atom. The molecule has 0 radical (unpaired) electrons. The average Bonchev–Trinajstić information content (AvgIpc) is 3.63. The molecular formula is C24H38N2O7. The quantitative estimate of drug-likeness (QED) is 0.421. The van der Waals surface area contributed by atoms with E-state index in [9.17, 15) is 9.59 Å². The van der Waals surface area contributed by atoms with Crippen molar-refractivity contribution in [2.75, 3.05) is 47.5 Å². The molecule has 33 heavy (non-hydrogen) atoms. The molecule has 6 atom stereocenters. The first kappa shape index (κ1) is 24.3. The van der Waals surface area contributed by atoms with Gasteiger partial charge in [-0.2, -0.15) is 0 Å². The highest BCUT2D eigenvalue weighted by molar-refractivity contribution is 5.69. The summed E-state index contributed by atoms with van der Waals surface area (Å²) in [7, 11) is 4.96. The number of amides is 2. The second-order valence-corrected chi connectivity index (χ2v) is 10.5. The highest BCUT2D eigenvalue weighted by atomic mass is 16.6. The number of hydrogen-bond donors (Lipinski definition) is 0. The van der Waals surface area contributed by atoms with Gasteiger partial charge in [0.2, 0.25) is 0 Å². The van der Waals surface area contributed by atoms with Gasteiger partial charge in [-0.25, -0.2) is 9.59 Å². The van der Waals surface area contributed by atoms with E-state index in [1.807, 2.05) is 0 Å². The van der Waals surface area contributed by atoms with E-state index >= 15 is 0 Å². The molecule has 1 saturated carbocycles. The lowest BCUT2D eigenvalue weighted by Crippen LogP contribution is -2.58. The topological polar surface area (TPSA) is 93.4 Å². The Hall–Kier alpha value is -1.84. The van der Waals surface area contributed by atoms with Crippen LogP contribution in [0.5, 0.6) is 0 Å². The van der Waals surface area contributed by atoms with Gasteiger partial charge in [0.1, 0.15) is 23.4 Å². The van der Waals surface area contributed by atoms with Crippen molar-refractivity contribution < 1.29 is 33.3 Å². The Bertz CT molecular complexity index is 786. The van der Waals surface area contributed by atoms with Crippen LogP contribution in [0.25, 0.3) is 0 Å². The first-order chi connectivity index (χ1) is 15.6. The number of methoxy groups -OCH3 is 1. The summed E-state index contributed by atoms with van der Waals surface area (Å²) in [6.45, 7) is 8.35. The Morgan fingerprint density at radius 3 is 2.52 bits per heavy atom. The molecule has 186 valence electrons. The molecule has 4 fully saturated rings. The fourth-order valence-corrected chi connectivity index (χ4v) is 5.42. The fraction of sp³-hybridized carbons (Fsp3) is 0.833. The van der Waals surface area contributed by atoms with E-state index in [1.54, 1.807) is 26.1 Å². The van der Waals surface area contributed by atoms with Gasteiger partial charge in [0.25, 0.3) is 0 Å². The molecule has 0 aromatic rings. The van der Waals surface area contributed by atoms with Crippen LogP contribution in [0.4, 0.5) is 9.59 Å². The minimum absolute atomic E-state index is 0.00620. The van der Waals surface area contributed by atoms with E-state index in [-0.39, 0.29) is 53.5 Å². The monoisotopic (exact) mass is 466 g/mol. The second kappa shape index (κ2) is 9.07. The molecule has 1 aliphatic carbocycles. The third-order valence-electron chi connectivity index (χ3n) is 7.51. The SMILES string of the molecule is COC1C(OC(=O)N2CC(COC(=O)N(C)C)C2)CCC2(CO2)C1[C@@]1(C)O[C@@H]1CC=C(C)C. The highest BCUT2D eigenvalue weighted by Crippen LogP contribution is 2.59. The molecule has 0 N–H and O–H groups in total. The number of hydrogen-bond acceptors (Lipinski definition) is 7. The molecule has 4 rings (SSSR count). The second-order valence-electron chi connectivity index (χ2n) is 10.5. The van der Waals surface area contributed by atoms with Crippen LogP contribution < -0.4 is 0 Å². The van der Waals surface area contributed by atoms with Crippen LogP contribution in [0.2, 0.25) is 0 Å². The third kappa shape index (κ3) is 4.86. The maximum absolute atomic E-state index is 12.8. The predicted molar refractivity (Wildman–Crippen MR) is 120 cm³/mol. The first-order valence-corrected chi connectivity index (χ1v) is 11.9. The third-order valence-corrected chi connectivity index (χ3v) is 7.51. The van der Waals surface area contributed by atoms with Gasteiger partial charge in [0, 0.05) is 40.2 Å². The van der Waals surface area contributed by atoms with Crippen molar-refractivity contribution in [3.8, 4) is 0 Å². The van der Waals surface area contributed by atoms with Crippen LogP contribution in [-0.2, 0) is 23.7 Å². The summed E-state index contributed by atoms with van der Waals surface area (Å²) in [4.78, 5) is 27.4. The van der Waals surface area contributed by atoms with E-state index in [4.69, 9.17) is 23.7 Å². The lowest BCUT2D eigenvalue weighted by atomic mass is 9.68. The summed E-state index contributed by atoms with van der Waals surface area (Å²) < 4.78 is 29.3. The van der Waals surface area contributed by atoms with Gasteiger partial charge in [0.05, 0.1) is 25.2 Å². The van der Waals surface area contributed by atoms with Gasteiger partial charge in [-0.1, -0.05) is 11.6 Å². The fourth-order valence-electron chi connectivity index (χ4n) is 5.42. The highest BCUT2D eigenvalue weighted by Gasteiger charge is 2.72. The van der Waals surface area contributed by atoms with Gasteiger partial charge in [-0.15, -0.1) is 0 Å². The molecule has 4 unspecified atom stereocenters. The Labute approximate surface area is 196 Å². The van der Waals surface area contributed by atoms with Crippen LogP contribution in [0.15, 0.2) is 11.6 Å². The van der Waals surface area contributed by atoms with Gasteiger partial charge >= 0.3 is 12.2 Å². The molecule has 0 aromatic heterocycles. The van der Waals surface area contributed by atoms with E-state index in [1.165, 1.54) is 10.5 Å². The summed E-state index contributed by atoms with van der Waals surface area (Å²) in [5.74, 6) is 0.142. The minimum Gasteiger partial charge on any atom is -0.449 e. The number of rotatable bonds is 7. The van der Waals surface area contributed by atoms with E-state index in [0.717, 1.165) is 12.8 Å². The number of allylic oxidation sites excluding steroid dienone is 1. The molecule has 0 aromatic carbocycles. The summed E-state index contributed by atoms with van der Waals surface area (Å²) in [5, 5.41) is 0. The predicted octanol–water partition coefficient (Wildman–Crippen LogP) is 2.83. The van der Waals surface area contributed by atoms with Gasteiger partial charge < -0.3 is 33.5 Å². The van der Waals surface area contributed by atoms with Gasteiger partial charge in [-0.05, 0) is 40.0 Å². The van der Waals surface area contributed by atoms with Crippen LogP contribution in [0, 0.1) is 11.8 Å². The van der Waals surface area contributed by atoms with Crippen LogP contribution >= 0.6 is 0 Å². The Kier molecular flexibility index (Phi) is 6.68. The molecule has 4 aliphatic rings.